The molecule has 1 rings (SSSR count). The molecule has 0 aromatic heterocycles. The highest BCUT2D eigenvalue weighted by Gasteiger charge is 2.25. The lowest BCUT2D eigenvalue weighted by Crippen LogP contribution is -2.55. The van der Waals surface area contributed by atoms with Crippen molar-refractivity contribution < 1.29 is 23.6 Å². The Morgan fingerprint density at radius 1 is 1.26 bits per heavy atom. The van der Waals surface area contributed by atoms with Gasteiger partial charge in [0.2, 0.25) is 11.8 Å². The van der Waals surface area contributed by atoms with Crippen molar-refractivity contribution in [3.05, 3.63) is 40.7 Å². The molecule has 0 unspecified atom stereocenters. The maximum atomic E-state index is 13.8. The summed E-state index contributed by atoms with van der Waals surface area (Å²) >= 11 is 11.2. The molecular formula is C20H25Cl2FN4O4. The fourth-order valence-electron chi connectivity index (χ4n) is 2.47. The second-order valence-electron chi connectivity index (χ2n) is 7.06. The van der Waals surface area contributed by atoms with Crippen molar-refractivity contribution in [2.24, 2.45) is 11.7 Å². The molecule has 0 saturated carbocycles. The zero-order chi connectivity index (χ0) is 23.6. The molecule has 0 bridgehead atoms. The molecule has 0 aliphatic carbocycles. The number of hydrogen-bond donors (Lipinski definition) is 3. The number of nitrogens with zero attached hydrogens (tertiary/aromatic N) is 1. The first kappa shape index (κ1) is 26.4. The van der Waals surface area contributed by atoms with Gasteiger partial charge in [0, 0.05) is 23.1 Å². The van der Waals surface area contributed by atoms with Crippen LogP contribution in [-0.4, -0.2) is 47.1 Å². The first-order valence-electron chi connectivity index (χ1n) is 9.42. The van der Waals surface area contributed by atoms with Crippen LogP contribution in [0, 0.1) is 11.7 Å². The summed E-state index contributed by atoms with van der Waals surface area (Å²) in [5.74, 6) is -3.60. The van der Waals surface area contributed by atoms with Gasteiger partial charge in [-0.05, 0) is 30.5 Å². The van der Waals surface area contributed by atoms with E-state index in [0.717, 1.165) is 17.2 Å². The van der Waals surface area contributed by atoms with E-state index >= 15 is 0 Å². The first-order valence-corrected chi connectivity index (χ1v) is 10.3. The molecule has 1 aromatic carbocycles. The van der Waals surface area contributed by atoms with Crippen LogP contribution in [0.15, 0.2) is 24.3 Å². The van der Waals surface area contributed by atoms with Gasteiger partial charge in [-0.2, -0.15) is 0 Å². The monoisotopic (exact) mass is 474 g/mol. The van der Waals surface area contributed by atoms with E-state index in [2.05, 4.69) is 10.7 Å². The number of hydrazine groups is 1. The summed E-state index contributed by atoms with van der Waals surface area (Å²) in [4.78, 5) is 47.9. The topological polar surface area (TPSA) is 122 Å². The van der Waals surface area contributed by atoms with Gasteiger partial charge in [0.15, 0.2) is 0 Å². The van der Waals surface area contributed by atoms with Gasteiger partial charge >= 0.3 is 0 Å². The summed E-state index contributed by atoms with van der Waals surface area (Å²) in [5, 5.41) is 3.64. The molecule has 1 atom stereocenters. The van der Waals surface area contributed by atoms with Crippen molar-refractivity contribution in [1.82, 2.24) is 15.8 Å². The van der Waals surface area contributed by atoms with Crippen LogP contribution in [0.5, 0.6) is 0 Å². The lowest BCUT2D eigenvalue weighted by atomic mass is 10.0. The van der Waals surface area contributed by atoms with Crippen molar-refractivity contribution >= 4 is 52.9 Å². The Balaban J connectivity index is 2.88. The van der Waals surface area contributed by atoms with Gasteiger partial charge < -0.3 is 11.1 Å². The van der Waals surface area contributed by atoms with Gasteiger partial charge in [-0.25, -0.2) is 4.39 Å². The molecule has 11 heteroatoms. The number of nitrogens with one attached hydrogen (secondary N) is 2. The lowest BCUT2D eigenvalue weighted by molar-refractivity contribution is -0.141. The largest absolute Gasteiger partial charge is 0.370 e. The predicted molar refractivity (Wildman–Crippen MR) is 116 cm³/mol. The molecule has 31 heavy (non-hydrogen) atoms. The van der Waals surface area contributed by atoms with Crippen molar-refractivity contribution in [3.8, 4) is 0 Å². The number of benzene rings is 1. The third kappa shape index (κ3) is 9.80. The van der Waals surface area contributed by atoms with E-state index in [0.29, 0.717) is 0 Å². The van der Waals surface area contributed by atoms with Crippen LogP contribution >= 0.6 is 23.2 Å². The highest BCUT2D eigenvalue weighted by Crippen LogP contribution is 2.15. The molecule has 0 spiro atoms. The van der Waals surface area contributed by atoms with Crippen LogP contribution in [0.2, 0.25) is 5.02 Å². The zero-order valence-corrected chi connectivity index (χ0v) is 18.7. The molecule has 0 aliphatic heterocycles. The van der Waals surface area contributed by atoms with Crippen molar-refractivity contribution in [2.45, 2.75) is 32.7 Å². The quantitative estimate of drug-likeness (QED) is 0.272. The Hall–Kier alpha value is -2.65. The van der Waals surface area contributed by atoms with Crippen molar-refractivity contribution in [1.29, 1.82) is 0 Å². The Kier molecular flexibility index (Phi) is 11.0. The minimum Gasteiger partial charge on any atom is -0.370 e. The normalized spacial score (nSPS) is 11.9. The van der Waals surface area contributed by atoms with E-state index in [9.17, 15) is 23.6 Å². The lowest BCUT2D eigenvalue weighted by Gasteiger charge is -2.26. The molecule has 0 aliphatic rings. The number of amides is 4. The van der Waals surface area contributed by atoms with Gasteiger partial charge in [-0.1, -0.05) is 31.5 Å². The van der Waals surface area contributed by atoms with Crippen LogP contribution < -0.4 is 16.5 Å². The second kappa shape index (κ2) is 12.9. The summed E-state index contributed by atoms with van der Waals surface area (Å²) in [5.41, 5.74) is 7.59. The SMILES string of the molecule is CC(C)C[C@@H](NC(=O)/C=C/c1ccc(Cl)cc1F)C(=O)NN(CCC(N)=O)C(=O)CCl. The number of nitrogens with two attached hydrogens (primary N) is 1. The van der Waals surface area contributed by atoms with E-state index < -0.39 is 41.4 Å². The molecule has 0 radical (unpaired) electrons. The Labute approximate surface area is 189 Å². The fourth-order valence-corrected chi connectivity index (χ4v) is 2.78. The van der Waals surface area contributed by atoms with Gasteiger partial charge in [-0.15, -0.1) is 11.6 Å². The summed E-state index contributed by atoms with van der Waals surface area (Å²) in [7, 11) is 0. The number of halogens is 3. The van der Waals surface area contributed by atoms with Crippen LogP contribution in [0.3, 0.4) is 0 Å². The van der Waals surface area contributed by atoms with Gasteiger partial charge in [0.25, 0.3) is 11.8 Å². The third-order valence-corrected chi connectivity index (χ3v) is 4.42. The van der Waals surface area contributed by atoms with Crippen LogP contribution in [-0.2, 0) is 19.2 Å². The van der Waals surface area contributed by atoms with E-state index in [1.807, 2.05) is 13.8 Å². The van der Waals surface area contributed by atoms with Gasteiger partial charge in [0.05, 0.1) is 6.54 Å². The number of hydrogen-bond acceptors (Lipinski definition) is 4. The maximum absolute atomic E-state index is 13.8. The third-order valence-electron chi connectivity index (χ3n) is 3.96. The first-order chi connectivity index (χ1) is 14.5. The molecule has 8 nitrogen and oxygen atoms in total. The van der Waals surface area contributed by atoms with Crippen LogP contribution in [0.4, 0.5) is 4.39 Å². The van der Waals surface area contributed by atoms with Crippen molar-refractivity contribution in [2.75, 3.05) is 12.4 Å². The summed E-state index contributed by atoms with van der Waals surface area (Å²) in [6, 6.07) is 3.01. The van der Waals surface area contributed by atoms with E-state index in [4.69, 9.17) is 28.9 Å². The molecule has 0 fully saturated rings. The highest BCUT2D eigenvalue weighted by molar-refractivity contribution is 6.30. The van der Waals surface area contributed by atoms with Gasteiger partial charge in [0.1, 0.15) is 17.7 Å². The highest BCUT2D eigenvalue weighted by atomic mass is 35.5. The standard InChI is InChI=1S/C20H25Cl2FN4O4/c1-12(2)9-16(20(31)26-27(19(30)11-21)8-7-17(24)28)25-18(29)6-4-13-3-5-14(22)10-15(13)23/h3-6,10,12,16H,7-9,11H2,1-2H3,(H2,24,28)(H,25,29)(H,26,31)/b6-4+/t16-/m1/s1. The van der Waals surface area contributed by atoms with Crippen molar-refractivity contribution in [3.63, 3.8) is 0 Å². The second-order valence-corrected chi connectivity index (χ2v) is 7.76. The molecule has 4 N–H and O–H groups in total. The van der Waals surface area contributed by atoms with Gasteiger partial charge in [-0.3, -0.25) is 29.6 Å². The fraction of sp³-hybridized carbons (Fsp3) is 0.400. The number of rotatable bonds is 10. The van der Waals surface area contributed by atoms with E-state index in [-0.39, 0.29) is 35.9 Å². The molecule has 0 saturated heterocycles. The Morgan fingerprint density at radius 2 is 1.94 bits per heavy atom. The summed E-state index contributed by atoms with van der Waals surface area (Å²) in [6.45, 7) is 3.53. The molecule has 0 heterocycles. The smallest absolute Gasteiger partial charge is 0.261 e. The van der Waals surface area contributed by atoms with Crippen LogP contribution in [0.25, 0.3) is 6.08 Å². The molecule has 1 aromatic rings. The maximum Gasteiger partial charge on any atom is 0.261 e. The molecule has 4 amide bonds. The molecular weight excluding hydrogens is 450 g/mol. The van der Waals surface area contributed by atoms with E-state index in [1.165, 1.54) is 18.2 Å². The number of primary amides is 1. The minimum absolute atomic E-state index is 0.0246. The minimum atomic E-state index is -0.994. The number of carbonyl (C=O) groups is 4. The summed E-state index contributed by atoms with van der Waals surface area (Å²) < 4.78 is 13.8. The number of carbonyl (C=O) groups excluding carboxylic acids is 4. The molecule has 170 valence electrons. The average molecular weight is 475 g/mol. The predicted octanol–water partition coefficient (Wildman–Crippen LogP) is 2.00. The van der Waals surface area contributed by atoms with E-state index in [1.54, 1.807) is 0 Å². The zero-order valence-electron chi connectivity index (χ0n) is 17.2. The Bertz CT molecular complexity index is 848. The summed E-state index contributed by atoms with van der Waals surface area (Å²) in [6.07, 6.45) is 2.42. The average Bonchev–Trinajstić information content (AvgIpc) is 2.68. The Morgan fingerprint density at radius 3 is 2.48 bits per heavy atom. The number of alkyl halides is 1. The van der Waals surface area contributed by atoms with Crippen LogP contribution in [0.1, 0.15) is 32.3 Å².